The van der Waals surface area contributed by atoms with Crippen LogP contribution in [0.25, 0.3) is 0 Å². The normalized spacial score (nSPS) is 42.6. The predicted octanol–water partition coefficient (Wildman–Crippen LogP) is -2.10. The van der Waals surface area contributed by atoms with Crippen molar-refractivity contribution in [3.05, 3.63) is 0 Å². The lowest BCUT2D eigenvalue weighted by molar-refractivity contribution is -0.248. The van der Waals surface area contributed by atoms with Crippen molar-refractivity contribution in [2.24, 2.45) is 0 Å². The van der Waals surface area contributed by atoms with Crippen molar-refractivity contribution in [2.45, 2.75) is 31.0 Å². The van der Waals surface area contributed by atoms with Gasteiger partial charge in [0, 0.05) is 6.42 Å². The first-order valence-corrected chi connectivity index (χ1v) is 3.45. The molecule has 1 saturated heterocycles. The molecule has 6 nitrogen and oxygen atoms in total. The first kappa shape index (κ1) is 9.40. The van der Waals surface area contributed by atoms with E-state index >= 15 is 0 Å². The van der Waals surface area contributed by atoms with Crippen molar-refractivity contribution >= 4 is 5.97 Å². The van der Waals surface area contributed by atoms with E-state index in [9.17, 15) is 4.79 Å². The van der Waals surface area contributed by atoms with Gasteiger partial charge in [0.2, 0.25) is 0 Å². The molecule has 4 N–H and O–H groups in total. The molecular formula is C6H10O6. The van der Waals surface area contributed by atoms with Crippen molar-refractivity contribution < 1.29 is 30.0 Å². The van der Waals surface area contributed by atoms with Crippen LogP contribution in [0.15, 0.2) is 0 Å². The Morgan fingerprint density at radius 3 is 2.33 bits per heavy atom. The van der Waals surface area contributed by atoms with Crippen LogP contribution >= 0.6 is 0 Å². The number of hydrogen-bond donors (Lipinski definition) is 4. The van der Waals surface area contributed by atoms with Gasteiger partial charge in [-0.2, -0.15) is 0 Å². The van der Waals surface area contributed by atoms with Gasteiger partial charge in [-0.25, -0.2) is 4.79 Å². The number of aliphatic hydroxyl groups is 3. The molecule has 0 radical (unpaired) electrons. The summed E-state index contributed by atoms with van der Waals surface area (Å²) in [6, 6.07) is 0. The zero-order valence-corrected chi connectivity index (χ0v) is 6.12. The van der Waals surface area contributed by atoms with Gasteiger partial charge in [-0.15, -0.1) is 0 Å². The molecule has 0 amide bonds. The molecule has 0 aromatic heterocycles. The number of carboxylic acid groups (broad SMARTS) is 1. The Labute approximate surface area is 68.0 Å². The second-order valence-electron chi connectivity index (χ2n) is 2.65. The summed E-state index contributed by atoms with van der Waals surface area (Å²) >= 11 is 0. The molecule has 0 aromatic rings. The molecule has 4 atom stereocenters. The second kappa shape index (κ2) is 3.36. The van der Waals surface area contributed by atoms with Crippen LogP contribution in [-0.4, -0.2) is 51.0 Å². The summed E-state index contributed by atoms with van der Waals surface area (Å²) < 4.78 is 4.48. The zero-order valence-electron chi connectivity index (χ0n) is 6.12. The highest BCUT2D eigenvalue weighted by molar-refractivity contribution is 5.72. The summed E-state index contributed by atoms with van der Waals surface area (Å²) in [4.78, 5) is 10.3. The van der Waals surface area contributed by atoms with E-state index in [1.807, 2.05) is 0 Å². The van der Waals surface area contributed by atoms with Crippen molar-refractivity contribution in [1.82, 2.24) is 0 Å². The Kier molecular flexibility index (Phi) is 2.63. The monoisotopic (exact) mass is 178 g/mol. The van der Waals surface area contributed by atoms with Crippen LogP contribution in [0.2, 0.25) is 0 Å². The maximum absolute atomic E-state index is 10.3. The first-order chi connectivity index (χ1) is 5.52. The summed E-state index contributed by atoms with van der Waals surface area (Å²) in [7, 11) is 0. The third-order valence-corrected chi connectivity index (χ3v) is 1.72. The molecule has 1 fully saturated rings. The Bertz CT molecular complexity index is 169. The van der Waals surface area contributed by atoms with Crippen LogP contribution in [-0.2, 0) is 9.53 Å². The van der Waals surface area contributed by atoms with Crippen LogP contribution in [0.5, 0.6) is 0 Å². The van der Waals surface area contributed by atoms with E-state index in [2.05, 4.69) is 4.74 Å². The highest BCUT2D eigenvalue weighted by Crippen LogP contribution is 2.18. The smallest absolute Gasteiger partial charge is 0.333 e. The van der Waals surface area contributed by atoms with Gasteiger partial charge in [0.05, 0.1) is 6.10 Å². The van der Waals surface area contributed by atoms with E-state index in [0.29, 0.717) is 0 Å². The second-order valence-corrected chi connectivity index (χ2v) is 2.65. The maximum Gasteiger partial charge on any atom is 0.333 e. The van der Waals surface area contributed by atoms with Gasteiger partial charge in [-0.3, -0.25) is 0 Å². The number of ether oxygens (including phenoxy) is 1. The molecule has 1 rings (SSSR count). The molecule has 0 aliphatic carbocycles. The number of aliphatic hydroxyl groups excluding tert-OH is 3. The largest absolute Gasteiger partial charge is 0.479 e. The molecule has 0 bridgehead atoms. The average Bonchev–Trinajstić information content (AvgIpc) is 1.99. The summed E-state index contributed by atoms with van der Waals surface area (Å²) in [5, 5.41) is 35.2. The van der Waals surface area contributed by atoms with Crippen molar-refractivity contribution in [3.8, 4) is 0 Å². The number of rotatable bonds is 1. The summed E-state index contributed by atoms with van der Waals surface area (Å²) in [5.74, 6) is -1.26. The van der Waals surface area contributed by atoms with Gasteiger partial charge in [0.1, 0.15) is 6.10 Å². The van der Waals surface area contributed by atoms with Gasteiger partial charge in [-0.05, 0) is 0 Å². The third kappa shape index (κ3) is 1.72. The molecule has 0 spiro atoms. The molecule has 0 unspecified atom stereocenters. The van der Waals surface area contributed by atoms with E-state index in [4.69, 9.17) is 20.4 Å². The van der Waals surface area contributed by atoms with Crippen LogP contribution in [0.1, 0.15) is 6.42 Å². The molecule has 0 saturated carbocycles. The SMILES string of the molecule is O=C(O)[C@@H]1C[C@H](O)[C@H](O)[C@H](O)O1. The number of aliphatic carboxylic acids is 1. The highest BCUT2D eigenvalue weighted by atomic mass is 16.6. The first-order valence-electron chi connectivity index (χ1n) is 3.45. The minimum absolute atomic E-state index is 0.215. The molecule has 12 heavy (non-hydrogen) atoms. The lowest BCUT2D eigenvalue weighted by Crippen LogP contribution is -2.50. The maximum atomic E-state index is 10.3. The topological polar surface area (TPSA) is 107 Å². The molecular weight excluding hydrogens is 168 g/mol. The van der Waals surface area contributed by atoms with E-state index < -0.39 is 30.6 Å². The number of carbonyl (C=O) groups is 1. The van der Waals surface area contributed by atoms with Crippen LogP contribution in [0.4, 0.5) is 0 Å². The molecule has 1 aliphatic rings. The average molecular weight is 178 g/mol. The number of carboxylic acids is 1. The Morgan fingerprint density at radius 2 is 1.92 bits per heavy atom. The molecule has 0 aromatic carbocycles. The van der Waals surface area contributed by atoms with Crippen molar-refractivity contribution in [1.29, 1.82) is 0 Å². The Balaban J connectivity index is 2.59. The van der Waals surface area contributed by atoms with Crippen molar-refractivity contribution in [3.63, 3.8) is 0 Å². The van der Waals surface area contributed by atoms with Gasteiger partial charge in [0.15, 0.2) is 12.4 Å². The zero-order chi connectivity index (χ0) is 9.30. The predicted molar refractivity (Wildman–Crippen MR) is 35.1 cm³/mol. The quantitative estimate of drug-likeness (QED) is 0.366. The number of hydrogen-bond acceptors (Lipinski definition) is 5. The fourth-order valence-corrected chi connectivity index (χ4v) is 1.01. The Morgan fingerprint density at radius 1 is 1.33 bits per heavy atom. The van der Waals surface area contributed by atoms with Gasteiger partial charge in [0.25, 0.3) is 0 Å². The summed E-state index contributed by atoms with van der Waals surface area (Å²) in [6.45, 7) is 0. The van der Waals surface area contributed by atoms with Crippen LogP contribution in [0, 0.1) is 0 Å². The Hall–Kier alpha value is -0.690. The van der Waals surface area contributed by atoms with Crippen LogP contribution < -0.4 is 0 Å². The molecule has 1 aliphatic heterocycles. The summed E-state index contributed by atoms with van der Waals surface area (Å²) in [6.07, 6.45) is -5.78. The minimum Gasteiger partial charge on any atom is -0.479 e. The van der Waals surface area contributed by atoms with E-state index in [1.54, 1.807) is 0 Å². The van der Waals surface area contributed by atoms with Crippen LogP contribution in [0.3, 0.4) is 0 Å². The van der Waals surface area contributed by atoms with Gasteiger partial charge in [-0.1, -0.05) is 0 Å². The van der Waals surface area contributed by atoms with Gasteiger partial charge >= 0.3 is 5.97 Å². The van der Waals surface area contributed by atoms with E-state index in [-0.39, 0.29) is 6.42 Å². The third-order valence-electron chi connectivity index (χ3n) is 1.72. The standard InChI is InChI=1S/C6H10O6/c7-2-1-3(5(9)10)12-6(11)4(2)8/h2-4,6-8,11H,1H2,(H,9,10)/t2-,3-,4-,6+/m0/s1. The van der Waals surface area contributed by atoms with E-state index in [1.165, 1.54) is 0 Å². The highest BCUT2D eigenvalue weighted by Gasteiger charge is 2.38. The van der Waals surface area contributed by atoms with E-state index in [0.717, 1.165) is 0 Å². The fraction of sp³-hybridized carbons (Fsp3) is 0.833. The summed E-state index contributed by atoms with van der Waals surface area (Å²) in [5.41, 5.74) is 0. The molecule has 70 valence electrons. The lowest BCUT2D eigenvalue weighted by atomic mass is 10.0. The van der Waals surface area contributed by atoms with Gasteiger partial charge < -0.3 is 25.2 Å². The molecule has 1 heterocycles. The minimum atomic E-state index is -1.63. The fourth-order valence-electron chi connectivity index (χ4n) is 1.01. The lowest BCUT2D eigenvalue weighted by Gasteiger charge is -2.32. The molecule has 6 heteroatoms. The van der Waals surface area contributed by atoms with Crippen molar-refractivity contribution in [2.75, 3.05) is 0 Å².